The van der Waals surface area contributed by atoms with Crippen LogP contribution in [0.25, 0.3) is 0 Å². The van der Waals surface area contributed by atoms with Gasteiger partial charge in [0.2, 0.25) is 5.91 Å². The normalized spacial score (nSPS) is 15.7. The third-order valence-corrected chi connectivity index (χ3v) is 8.07. The molecular weight excluding hydrogens is 487 g/mol. The smallest absolute Gasteiger partial charge is 0.254 e. The average molecular weight is 523 g/mol. The highest BCUT2D eigenvalue weighted by Crippen LogP contribution is 2.34. The first-order valence-corrected chi connectivity index (χ1v) is 13.7. The van der Waals surface area contributed by atoms with Crippen molar-refractivity contribution in [1.29, 1.82) is 0 Å². The standard InChI is InChI=1S/C30H35FN2O3S/c1-5-20(2)17-32(30(35)23-7-9-24(31)10-8-23)18-29(34)33-14-12-28-25(13-15-37-28)26(33)19-36-27-11-6-21(3)16-22(27)4/h6-11,13,15-16,20,26H,5,12,14,17-19H2,1-4H3/t20-,26-/m1/s1. The number of carbonyl (C=O) groups is 2. The molecule has 0 N–H and O–H groups in total. The van der Waals surface area contributed by atoms with Gasteiger partial charge in [-0.15, -0.1) is 11.3 Å². The molecule has 2 atom stereocenters. The number of nitrogens with zero attached hydrogens (tertiary/aromatic N) is 2. The van der Waals surface area contributed by atoms with Gasteiger partial charge in [-0.1, -0.05) is 38.0 Å². The summed E-state index contributed by atoms with van der Waals surface area (Å²) in [5.41, 5.74) is 3.73. The maximum absolute atomic E-state index is 13.8. The van der Waals surface area contributed by atoms with Crippen LogP contribution in [-0.4, -0.2) is 47.9 Å². The van der Waals surface area contributed by atoms with Crippen LogP contribution in [0, 0.1) is 25.6 Å². The Labute approximate surface area is 222 Å². The van der Waals surface area contributed by atoms with Gasteiger partial charge in [0, 0.05) is 23.5 Å². The molecule has 7 heteroatoms. The summed E-state index contributed by atoms with van der Waals surface area (Å²) in [6, 6.07) is 13.4. The number of hydrogen-bond donors (Lipinski definition) is 0. The Hall–Kier alpha value is -3.19. The van der Waals surface area contributed by atoms with Gasteiger partial charge >= 0.3 is 0 Å². The van der Waals surface area contributed by atoms with Crippen molar-refractivity contribution in [2.45, 2.75) is 46.6 Å². The number of benzene rings is 2. The quantitative estimate of drug-likeness (QED) is 0.336. The summed E-state index contributed by atoms with van der Waals surface area (Å²) in [6.07, 6.45) is 1.67. The van der Waals surface area contributed by atoms with Gasteiger partial charge in [0.15, 0.2) is 0 Å². The lowest BCUT2D eigenvalue weighted by molar-refractivity contribution is -0.135. The Morgan fingerprint density at radius 3 is 2.62 bits per heavy atom. The second-order valence-electron chi connectivity index (χ2n) is 9.94. The van der Waals surface area contributed by atoms with Gasteiger partial charge in [-0.25, -0.2) is 4.39 Å². The van der Waals surface area contributed by atoms with E-state index in [1.54, 1.807) is 16.2 Å². The largest absolute Gasteiger partial charge is 0.491 e. The lowest BCUT2D eigenvalue weighted by Crippen LogP contribution is -2.48. The summed E-state index contributed by atoms with van der Waals surface area (Å²) in [5, 5.41) is 2.07. The SMILES string of the molecule is CC[C@@H](C)CN(CC(=O)N1CCc2sccc2[C@H]1COc1ccc(C)cc1C)C(=O)c1ccc(F)cc1. The zero-order valence-electron chi connectivity index (χ0n) is 22.0. The molecule has 4 rings (SSSR count). The van der Waals surface area contributed by atoms with Crippen molar-refractivity contribution < 1.29 is 18.7 Å². The summed E-state index contributed by atoms with van der Waals surface area (Å²) < 4.78 is 19.7. The van der Waals surface area contributed by atoms with E-state index >= 15 is 0 Å². The number of fused-ring (bicyclic) bond motifs is 1. The molecule has 0 saturated heterocycles. The molecule has 0 saturated carbocycles. The number of hydrogen-bond acceptors (Lipinski definition) is 4. The van der Waals surface area contributed by atoms with Gasteiger partial charge in [-0.2, -0.15) is 0 Å². The maximum atomic E-state index is 13.8. The number of aryl methyl sites for hydroxylation is 2. The van der Waals surface area contributed by atoms with Crippen molar-refractivity contribution in [2.75, 3.05) is 26.2 Å². The lowest BCUT2D eigenvalue weighted by atomic mass is 10.00. The Kier molecular flexibility index (Phi) is 8.64. The first-order valence-electron chi connectivity index (χ1n) is 12.9. The Balaban J connectivity index is 1.55. The number of halogens is 1. The zero-order chi connectivity index (χ0) is 26.5. The Bertz CT molecular complexity index is 1240. The van der Waals surface area contributed by atoms with Crippen molar-refractivity contribution in [3.8, 4) is 5.75 Å². The van der Waals surface area contributed by atoms with Crippen molar-refractivity contribution in [2.24, 2.45) is 5.92 Å². The fourth-order valence-electron chi connectivity index (χ4n) is 4.76. The van der Waals surface area contributed by atoms with Crippen LogP contribution in [0.15, 0.2) is 53.9 Å². The molecular formula is C30H35FN2O3S. The number of thiophene rings is 1. The summed E-state index contributed by atoms with van der Waals surface area (Å²) in [6.45, 7) is 9.56. The fourth-order valence-corrected chi connectivity index (χ4v) is 5.69. The summed E-state index contributed by atoms with van der Waals surface area (Å²) in [5.74, 6) is 0.276. The van der Waals surface area contributed by atoms with Crippen molar-refractivity contribution >= 4 is 23.2 Å². The van der Waals surface area contributed by atoms with E-state index in [-0.39, 0.29) is 30.3 Å². The van der Waals surface area contributed by atoms with E-state index in [9.17, 15) is 14.0 Å². The van der Waals surface area contributed by atoms with Gasteiger partial charge in [0.25, 0.3) is 5.91 Å². The predicted octanol–water partition coefficient (Wildman–Crippen LogP) is 6.20. The first-order chi connectivity index (χ1) is 17.8. The monoisotopic (exact) mass is 522 g/mol. The highest BCUT2D eigenvalue weighted by molar-refractivity contribution is 7.10. The van der Waals surface area contributed by atoms with E-state index in [0.29, 0.717) is 25.3 Å². The van der Waals surface area contributed by atoms with Gasteiger partial charge in [-0.3, -0.25) is 9.59 Å². The topological polar surface area (TPSA) is 49.9 Å². The van der Waals surface area contributed by atoms with Crippen LogP contribution in [-0.2, 0) is 11.2 Å². The molecule has 1 aliphatic rings. The van der Waals surface area contributed by atoms with Crippen LogP contribution >= 0.6 is 11.3 Å². The zero-order valence-corrected chi connectivity index (χ0v) is 22.8. The van der Waals surface area contributed by atoms with Crippen LogP contribution in [0.5, 0.6) is 5.75 Å². The second-order valence-corrected chi connectivity index (χ2v) is 10.9. The van der Waals surface area contributed by atoms with E-state index in [1.165, 1.54) is 34.7 Å². The predicted molar refractivity (Wildman–Crippen MR) is 146 cm³/mol. The van der Waals surface area contributed by atoms with Crippen LogP contribution < -0.4 is 4.74 Å². The first kappa shape index (κ1) is 26.9. The van der Waals surface area contributed by atoms with Gasteiger partial charge in [-0.05, 0) is 79.1 Å². The second kappa shape index (κ2) is 11.9. The molecule has 2 amide bonds. The molecule has 0 bridgehead atoms. The van der Waals surface area contributed by atoms with Crippen molar-refractivity contribution in [1.82, 2.24) is 9.80 Å². The molecule has 0 radical (unpaired) electrons. The Morgan fingerprint density at radius 1 is 1.16 bits per heavy atom. The minimum Gasteiger partial charge on any atom is -0.491 e. The van der Waals surface area contributed by atoms with Crippen LogP contribution in [0.2, 0.25) is 0 Å². The fraction of sp³-hybridized carbons (Fsp3) is 0.400. The van der Waals surface area contributed by atoms with E-state index in [1.807, 2.05) is 30.9 Å². The molecule has 37 heavy (non-hydrogen) atoms. The van der Waals surface area contributed by atoms with Crippen molar-refractivity contribution in [3.63, 3.8) is 0 Å². The van der Waals surface area contributed by atoms with Gasteiger partial charge < -0.3 is 14.5 Å². The summed E-state index contributed by atoms with van der Waals surface area (Å²) in [7, 11) is 0. The molecule has 2 aromatic carbocycles. The minimum absolute atomic E-state index is 0.0277. The van der Waals surface area contributed by atoms with Gasteiger partial charge in [0.1, 0.15) is 24.7 Å². The highest BCUT2D eigenvalue weighted by Gasteiger charge is 2.34. The van der Waals surface area contributed by atoms with Crippen LogP contribution in [0.1, 0.15) is 58.2 Å². The number of amides is 2. The molecule has 0 aliphatic carbocycles. The molecule has 5 nitrogen and oxygen atoms in total. The number of rotatable bonds is 9. The Morgan fingerprint density at radius 2 is 1.92 bits per heavy atom. The minimum atomic E-state index is -0.396. The maximum Gasteiger partial charge on any atom is 0.254 e. The molecule has 3 aromatic rings. The summed E-state index contributed by atoms with van der Waals surface area (Å²) in [4.78, 5) is 31.8. The van der Waals surface area contributed by atoms with E-state index in [0.717, 1.165) is 29.7 Å². The molecule has 1 aromatic heterocycles. The third-order valence-electron chi connectivity index (χ3n) is 7.08. The highest BCUT2D eigenvalue weighted by atomic mass is 32.1. The van der Waals surface area contributed by atoms with E-state index in [2.05, 4.69) is 31.4 Å². The molecule has 0 fully saturated rings. The van der Waals surface area contributed by atoms with Crippen LogP contribution in [0.3, 0.4) is 0 Å². The van der Waals surface area contributed by atoms with E-state index in [4.69, 9.17) is 4.74 Å². The van der Waals surface area contributed by atoms with Crippen molar-refractivity contribution in [3.05, 3.63) is 86.9 Å². The molecule has 0 unspecified atom stereocenters. The van der Waals surface area contributed by atoms with E-state index < -0.39 is 5.82 Å². The van der Waals surface area contributed by atoms with Crippen LogP contribution in [0.4, 0.5) is 4.39 Å². The molecule has 0 spiro atoms. The molecule has 196 valence electrons. The number of ether oxygens (including phenoxy) is 1. The van der Waals surface area contributed by atoms with Gasteiger partial charge in [0.05, 0.1) is 6.04 Å². The lowest BCUT2D eigenvalue weighted by Gasteiger charge is -2.37. The summed E-state index contributed by atoms with van der Waals surface area (Å²) >= 11 is 1.71. The number of carbonyl (C=O) groups excluding carboxylic acids is 2. The average Bonchev–Trinajstić information content (AvgIpc) is 3.37. The molecule has 1 aliphatic heterocycles. The third kappa shape index (κ3) is 6.39. The molecule has 2 heterocycles.